The van der Waals surface area contributed by atoms with Gasteiger partial charge < -0.3 is 20.3 Å². The average Bonchev–Trinajstić information content (AvgIpc) is 2.39. The molecular weight excluding hydrogens is 222 g/mol. The normalized spacial score (nSPS) is 10.6. The second-order valence-corrected chi connectivity index (χ2v) is 3.63. The Hall–Kier alpha value is -1.43. The molecule has 0 heterocycles. The Kier molecular flexibility index (Phi) is 5.62. The Bertz CT molecular complexity index is 346. The molecule has 0 saturated carbocycles. The van der Waals surface area contributed by atoms with Crippen LogP contribution >= 0.6 is 0 Å². The molecule has 0 radical (unpaired) electrons. The molecule has 0 aromatic heterocycles. The van der Waals surface area contributed by atoms with Crippen molar-refractivity contribution in [1.29, 1.82) is 0 Å². The van der Waals surface area contributed by atoms with Crippen molar-refractivity contribution in [3.8, 4) is 0 Å². The van der Waals surface area contributed by atoms with E-state index >= 15 is 0 Å². The number of aliphatic hydroxyl groups is 2. The van der Waals surface area contributed by atoms with E-state index in [0.29, 0.717) is 12.1 Å². The molecular formula is C12H17NO4. The summed E-state index contributed by atoms with van der Waals surface area (Å²) in [7, 11) is 1.34. The molecule has 3 N–H and O–H groups in total. The Morgan fingerprint density at radius 3 is 2.35 bits per heavy atom. The number of carbonyl (C=O) groups is 1. The fourth-order valence-corrected chi connectivity index (χ4v) is 1.33. The molecule has 0 fully saturated rings. The zero-order valence-corrected chi connectivity index (χ0v) is 9.72. The van der Waals surface area contributed by atoms with Gasteiger partial charge in [0, 0.05) is 6.54 Å². The fraction of sp³-hybridized carbons (Fsp3) is 0.417. The van der Waals surface area contributed by atoms with E-state index < -0.39 is 0 Å². The number of hydrogen-bond acceptors (Lipinski definition) is 5. The standard InChI is InChI=1S/C12H17NO4/c1-17-12(16)10-4-2-9(3-5-10)6-13-11(7-14)8-15/h2-5,11,13-15H,6-8H2,1H3. The lowest BCUT2D eigenvalue weighted by Gasteiger charge is -2.13. The quantitative estimate of drug-likeness (QED) is 0.605. The lowest BCUT2D eigenvalue weighted by molar-refractivity contribution is 0.0600. The van der Waals surface area contributed by atoms with E-state index in [4.69, 9.17) is 10.2 Å². The first kappa shape index (κ1) is 13.6. The number of rotatable bonds is 6. The van der Waals surface area contributed by atoms with Crippen molar-refractivity contribution < 1.29 is 19.7 Å². The van der Waals surface area contributed by atoms with Crippen molar-refractivity contribution in [1.82, 2.24) is 5.32 Å². The molecule has 1 aromatic rings. The fourth-order valence-electron chi connectivity index (χ4n) is 1.33. The maximum absolute atomic E-state index is 11.2. The number of nitrogens with one attached hydrogen (secondary N) is 1. The Morgan fingerprint density at radius 1 is 1.29 bits per heavy atom. The van der Waals surface area contributed by atoms with E-state index in [1.165, 1.54) is 7.11 Å². The second-order valence-electron chi connectivity index (χ2n) is 3.63. The van der Waals surface area contributed by atoms with E-state index in [1.807, 2.05) is 0 Å². The first-order valence-electron chi connectivity index (χ1n) is 5.33. The van der Waals surface area contributed by atoms with Crippen LogP contribution in [0.25, 0.3) is 0 Å². The van der Waals surface area contributed by atoms with Crippen LogP contribution in [0.3, 0.4) is 0 Å². The van der Waals surface area contributed by atoms with E-state index in [9.17, 15) is 4.79 Å². The van der Waals surface area contributed by atoms with Gasteiger partial charge >= 0.3 is 5.97 Å². The summed E-state index contributed by atoms with van der Waals surface area (Å²) >= 11 is 0. The molecule has 5 nitrogen and oxygen atoms in total. The van der Waals surface area contributed by atoms with E-state index in [-0.39, 0.29) is 25.2 Å². The minimum atomic E-state index is -0.367. The zero-order chi connectivity index (χ0) is 12.7. The first-order valence-corrected chi connectivity index (χ1v) is 5.33. The number of aliphatic hydroxyl groups excluding tert-OH is 2. The predicted octanol–water partition coefficient (Wildman–Crippen LogP) is -0.0840. The molecule has 94 valence electrons. The second kappa shape index (κ2) is 7.01. The summed E-state index contributed by atoms with van der Waals surface area (Å²) < 4.78 is 4.59. The van der Waals surface area contributed by atoms with Gasteiger partial charge in [0.2, 0.25) is 0 Å². The van der Waals surface area contributed by atoms with Gasteiger partial charge in [-0.3, -0.25) is 0 Å². The van der Waals surface area contributed by atoms with Crippen LogP contribution in [0.2, 0.25) is 0 Å². The van der Waals surface area contributed by atoms with Gasteiger partial charge in [0.1, 0.15) is 0 Å². The van der Waals surface area contributed by atoms with Crippen molar-refractivity contribution in [2.75, 3.05) is 20.3 Å². The van der Waals surface area contributed by atoms with Gasteiger partial charge in [0.15, 0.2) is 0 Å². The average molecular weight is 239 g/mol. The molecule has 0 atom stereocenters. The minimum absolute atomic E-state index is 0.114. The maximum Gasteiger partial charge on any atom is 0.337 e. The van der Waals surface area contributed by atoms with E-state index in [0.717, 1.165) is 5.56 Å². The smallest absolute Gasteiger partial charge is 0.337 e. The van der Waals surface area contributed by atoms with Crippen LogP contribution in [-0.4, -0.2) is 42.5 Å². The molecule has 1 aromatic carbocycles. The number of hydrogen-bond donors (Lipinski definition) is 3. The summed E-state index contributed by atoms with van der Waals surface area (Å²) in [5.41, 5.74) is 1.46. The van der Waals surface area contributed by atoms with E-state index in [1.54, 1.807) is 24.3 Å². The lowest BCUT2D eigenvalue weighted by atomic mass is 10.1. The van der Waals surface area contributed by atoms with Crippen molar-refractivity contribution >= 4 is 5.97 Å². The molecule has 1 rings (SSSR count). The summed E-state index contributed by atoms with van der Waals surface area (Å²) in [5, 5.41) is 20.7. The maximum atomic E-state index is 11.2. The third-order valence-corrected chi connectivity index (χ3v) is 2.41. The first-order chi connectivity index (χ1) is 8.21. The van der Waals surface area contributed by atoms with Gasteiger partial charge in [-0.15, -0.1) is 0 Å². The predicted molar refractivity (Wildman–Crippen MR) is 62.6 cm³/mol. The number of methoxy groups -OCH3 is 1. The minimum Gasteiger partial charge on any atom is -0.465 e. The largest absolute Gasteiger partial charge is 0.465 e. The van der Waals surface area contributed by atoms with E-state index in [2.05, 4.69) is 10.1 Å². The molecule has 0 spiro atoms. The van der Waals surface area contributed by atoms with Crippen LogP contribution < -0.4 is 5.32 Å². The monoisotopic (exact) mass is 239 g/mol. The van der Waals surface area contributed by atoms with Crippen molar-refractivity contribution in [2.24, 2.45) is 0 Å². The number of ether oxygens (including phenoxy) is 1. The summed E-state index contributed by atoms with van der Waals surface area (Å²) in [6, 6.07) is 6.62. The highest BCUT2D eigenvalue weighted by molar-refractivity contribution is 5.89. The highest BCUT2D eigenvalue weighted by atomic mass is 16.5. The molecule has 17 heavy (non-hydrogen) atoms. The summed E-state index contributed by atoms with van der Waals surface area (Å²) in [5.74, 6) is -0.367. The van der Waals surface area contributed by atoms with Gasteiger partial charge in [-0.1, -0.05) is 12.1 Å². The zero-order valence-electron chi connectivity index (χ0n) is 9.72. The Morgan fingerprint density at radius 2 is 1.88 bits per heavy atom. The van der Waals surface area contributed by atoms with Crippen molar-refractivity contribution in [3.63, 3.8) is 0 Å². The molecule has 0 saturated heterocycles. The lowest BCUT2D eigenvalue weighted by Crippen LogP contribution is -2.35. The van der Waals surface area contributed by atoms with Crippen LogP contribution in [0.1, 0.15) is 15.9 Å². The summed E-state index contributed by atoms with van der Waals surface area (Å²) in [6.45, 7) is 0.292. The van der Waals surface area contributed by atoms with Crippen molar-refractivity contribution in [3.05, 3.63) is 35.4 Å². The van der Waals surface area contributed by atoms with Gasteiger partial charge in [-0.2, -0.15) is 0 Å². The van der Waals surface area contributed by atoms with Crippen LogP contribution in [-0.2, 0) is 11.3 Å². The number of benzene rings is 1. The number of carbonyl (C=O) groups excluding carboxylic acids is 1. The van der Waals surface area contributed by atoms with Crippen LogP contribution in [0.5, 0.6) is 0 Å². The van der Waals surface area contributed by atoms with Crippen LogP contribution in [0.15, 0.2) is 24.3 Å². The van der Waals surface area contributed by atoms with Crippen LogP contribution in [0, 0.1) is 0 Å². The van der Waals surface area contributed by atoms with Crippen LogP contribution in [0.4, 0.5) is 0 Å². The summed E-state index contributed by atoms with van der Waals surface area (Å²) in [4.78, 5) is 11.2. The molecule has 0 aliphatic rings. The molecule has 0 bridgehead atoms. The Balaban J connectivity index is 2.53. The third-order valence-electron chi connectivity index (χ3n) is 2.41. The highest BCUT2D eigenvalue weighted by Crippen LogP contribution is 2.05. The molecule has 5 heteroatoms. The van der Waals surface area contributed by atoms with Gasteiger partial charge in [-0.05, 0) is 17.7 Å². The number of esters is 1. The van der Waals surface area contributed by atoms with Gasteiger partial charge in [-0.25, -0.2) is 4.79 Å². The SMILES string of the molecule is COC(=O)c1ccc(CNC(CO)CO)cc1. The van der Waals surface area contributed by atoms with Gasteiger partial charge in [0.05, 0.1) is 31.9 Å². The van der Waals surface area contributed by atoms with Crippen molar-refractivity contribution in [2.45, 2.75) is 12.6 Å². The molecule has 0 aliphatic heterocycles. The highest BCUT2D eigenvalue weighted by Gasteiger charge is 2.06. The topological polar surface area (TPSA) is 78.8 Å². The Labute approximate surface area is 100 Å². The van der Waals surface area contributed by atoms with Gasteiger partial charge in [0.25, 0.3) is 0 Å². The third kappa shape index (κ3) is 4.14. The summed E-state index contributed by atoms with van der Waals surface area (Å²) in [6.07, 6.45) is 0. The molecule has 0 unspecified atom stereocenters. The molecule has 0 amide bonds. The molecule has 0 aliphatic carbocycles.